The van der Waals surface area contributed by atoms with Gasteiger partial charge in [0.05, 0.1) is 10.5 Å². The van der Waals surface area contributed by atoms with Crippen LogP contribution in [0.5, 0.6) is 0 Å². The van der Waals surface area contributed by atoms with Crippen LogP contribution in [-0.2, 0) is 6.18 Å². The molecule has 0 spiro atoms. The summed E-state index contributed by atoms with van der Waals surface area (Å²) in [5.41, 5.74) is -0.736. The maximum atomic E-state index is 12.7. The average Bonchev–Trinajstić information content (AvgIpc) is 2.93. The molecule has 2 aromatic rings. The Morgan fingerprint density at radius 3 is 2.54 bits per heavy atom. The second-order valence-corrected chi connectivity index (χ2v) is 6.34. The molecule has 1 amide bonds. The van der Waals surface area contributed by atoms with Crippen LogP contribution in [0.25, 0.3) is 0 Å². The van der Waals surface area contributed by atoms with E-state index in [0.717, 1.165) is 12.3 Å². The van der Waals surface area contributed by atoms with E-state index in [4.69, 9.17) is 0 Å². The zero-order valence-electron chi connectivity index (χ0n) is 14.7. The molecule has 1 aromatic heterocycles. The van der Waals surface area contributed by atoms with Gasteiger partial charge in [0.2, 0.25) is 0 Å². The summed E-state index contributed by atoms with van der Waals surface area (Å²) in [6.07, 6.45) is -3.04. The molecular formula is C18H17F3N4O3. The van der Waals surface area contributed by atoms with Crippen LogP contribution in [0.1, 0.15) is 22.3 Å². The molecule has 1 fully saturated rings. The van der Waals surface area contributed by atoms with Crippen molar-refractivity contribution in [1.29, 1.82) is 0 Å². The molecule has 2 heterocycles. The maximum absolute atomic E-state index is 12.7. The van der Waals surface area contributed by atoms with Crippen molar-refractivity contribution in [2.45, 2.75) is 12.6 Å². The Hall–Kier alpha value is -3.17. The van der Waals surface area contributed by atoms with Crippen LogP contribution in [-0.4, -0.2) is 46.9 Å². The van der Waals surface area contributed by atoms with Gasteiger partial charge >= 0.3 is 6.18 Å². The quantitative estimate of drug-likeness (QED) is 0.589. The van der Waals surface area contributed by atoms with Crippen LogP contribution in [0.4, 0.5) is 24.7 Å². The zero-order chi connectivity index (χ0) is 20.3. The zero-order valence-corrected chi connectivity index (χ0v) is 14.7. The Morgan fingerprint density at radius 1 is 1.11 bits per heavy atom. The third-order valence-corrected chi connectivity index (χ3v) is 4.49. The number of pyridine rings is 1. The van der Waals surface area contributed by atoms with E-state index < -0.39 is 16.7 Å². The summed E-state index contributed by atoms with van der Waals surface area (Å²) in [5.74, 6) is 0.101. The fraction of sp³-hybridized carbons (Fsp3) is 0.333. The van der Waals surface area contributed by atoms with Crippen LogP contribution in [0.15, 0.2) is 42.6 Å². The molecule has 0 radical (unpaired) electrons. The van der Waals surface area contributed by atoms with Crippen LogP contribution in [0.3, 0.4) is 0 Å². The van der Waals surface area contributed by atoms with E-state index in [9.17, 15) is 28.1 Å². The molecule has 1 aliphatic heterocycles. The lowest BCUT2D eigenvalue weighted by Crippen LogP contribution is -2.35. The molecule has 0 aliphatic carbocycles. The predicted octanol–water partition coefficient (Wildman–Crippen LogP) is 3.36. The van der Waals surface area contributed by atoms with E-state index in [1.807, 2.05) is 4.90 Å². The number of carbonyl (C=O) groups excluding carboxylic acids is 1. The number of hydrogen-bond acceptors (Lipinski definition) is 5. The summed E-state index contributed by atoms with van der Waals surface area (Å²) in [7, 11) is 0. The topological polar surface area (TPSA) is 79.6 Å². The van der Waals surface area contributed by atoms with Gasteiger partial charge < -0.3 is 9.80 Å². The Bertz CT molecular complexity index is 871. The van der Waals surface area contributed by atoms with Crippen LogP contribution in [0, 0.1) is 10.1 Å². The highest BCUT2D eigenvalue weighted by Gasteiger charge is 2.31. The highest BCUT2D eigenvalue weighted by atomic mass is 19.4. The summed E-state index contributed by atoms with van der Waals surface area (Å²) >= 11 is 0. The fourth-order valence-corrected chi connectivity index (χ4v) is 3.03. The van der Waals surface area contributed by atoms with Crippen molar-refractivity contribution >= 4 is 17.4 Å². The van der Waals surface area contributed by atoms with E-state index in [0.29, 0.717) is 38.4 Å². The van der Waals surface area contributed by atoms with Crippen molar-refractivity contribution in [2.75, 3.05) is 31.1 Å². The van der Waals surface area contributed by atoms with E-state index in [-0.39, 0.29) is 17.2 Å². The molecular weight excluding hydrogens is 377 g/mol. The second kappa shape index (κ2) is 7.83. The Kier molecular flexibility index (Phi) is 5.48. The van der Waals surface area contributed by atoms with E-state index >= 15 is 0 Å². The lowest BCUT2D eigenvalue weighted by molar-refractivity contribution is -0.384. The van der Waals surface area contributed by atoms with Gasteiger partial charge in [-0.15, -0.1) is 0 Å². The van der Waals surface area contributed by atoms with Crippen molar-refractivity contribution < 1.29 is 22.9 Å². The van der Waals surface area contributed by atoms with Gasteiger partial charge in [-0.2, -0.15) is 13.2 Å². The maximum Gasteiger partial charge on any atom is 0.417 e. The lowest BCUT2D eigenvalue weighted by atomic mass is 10.1. The van der Waals surface area contributed by atoms with E-state index in [1.165, 1.54) is 30.3 Å². The minimum Gasteiger partial charge on any atom is -0.355 e. The third-order valence-electron chi connectivity index (χ3n) is 4.49. The summed E-state index contributed by atoms with van der Waals surface area (Å²) in [6, 6.07) is 7.84. The summed E-state index contributed by atoms with van der Waals surface area (Å²) < 4.78 is 38.0. The van der Waals surface area contributed by atoms with E-state index in [2.05, 4.69) is 4.98 Å². The van der Waals surface area contributed by atoms with E-state index in [1.54, 1.807) is 4.90 Å². The second-order valence-electron chi connectivity index (χ2n) is 6.34. The van der Waals surface area contributed by atoms with Crippen molar-refractivity contribution in [3.63, 3.8) is 0 Å². The number of non-ortho nitro benzene ring substituents is 1. The van der Waals surface area contributed by atoms with Gasteiger partial charge in [-0.25, -0.2) is 4.98 Å². The normalized spacial score (nSPS) is 15.2. The number of alkyl halides is 3. The average molecular weight is 394 g/mol. The monoisotopic (exact) mass is 394 g/mol. The minimum atomic E-state index is -4.44. The highest BCUT2D eigenvalue weighted by Crippen LogP contribution is 2.29. The molecule has 10 heteroatoms. The van der Waals surface area contributed by atoms with Gasteiger partial charge in [-0.1, -0.05) is 6.07 Å². The summed E-state index contributed by atoms with van der Waals surface area (Å²) in [6.45, 7) is 1.72. The molecule has 0 unspecified atom stereocenters. The fourth-order valence-electron chi connectivity index (χ4n) is 3.03. The highest BCUT2D eigenvalue weighted by molar-refractivity contribution is 5.94. The van der Waals surface area contributed by atoms with Crippen molar-refractivity contribution in [1.82, 2.24) is 9.88 Å². The van der Waals surface area contributed by atoms with Gasteiger partial charge in [0, 0.05) is 50.1 Å². The third kappa shape index (κ3) is 4.38. The molecule has 0 saturated carbocycles. The minimum absolute atomic E-state index is 0.156. The number of nitro groups is 1. The first kappa shape index (κ1) is 19.6. The van der Waals surface area contributed by atoms with Crippen LogP contribution >= 0.6 is 0 Å². The molecule has 0 N–H and O–H groups in total. The molecule has 0 atom stereocenters. The number of rotatable bonds is 3. The molecule has 148 valence electrons. The van der Waals surface area contributed by atoms with Gasteiger partial charge in [-0.3, -0.25) is 14.9 Å². The number of halogens is 3. The Morgan fingerprint density at radius 2 is 1.89 bits per heavy atom. The van der Waals surface area contributed by atoms with Gasteiger partial charge in [0.1, 0.15) is 5.82 Å². The first-order valence-corrected chi connectivity index (χ1v) is 8.57. The number of anilines is 1. The standard InChI is InChI=1S/C18H17F3N4O3/c19-18(20,21)14-5-6-16(22-12-14)23-7-2-8-24(10-9-23)17(26)13-3-1-4-15(11-13)25(27)28/h1,3-6,11-12H,2,7-10H2. The predicted molar refractivity (Wildman–Crippen MR) is 95.1 cm³/mol. The largest absolute Gasteiger partial charge is 0.417 e. The number of hydrogen-bond donors (Lipinski definition) is 0. The number of nitro benzene ring substituents is 1. The molecule has 28 heavy (non-hydrogen) atoms. The van der Waals surface area contributed by atoms with Gasteiger partial charge in [0.25, 0.3) is 11.6 Å². The molecule has 1 aromatic carbocycles. The first-order valence-electron chi connectivity index (χ1n) is 8.57. The lowest BCUT2D eigenvalue weighted by Gasteiger charge is -2.23. The molecule has 1 saturated heterocycles. The molecule has 0 bridgehead atoms. The van der Waals surface area contributed by atoms with Gasteiger partial charge in [0.15, 0.2) is 0 Å². The van der Waals surface area contributed by atoms with Crippen molar-refractivity contribution in [3.8, 4) is 0 Å². The Balaban J connectivity index is 1.68. The molecule has 3 rings (SSSR count). The number of aromatic nitrogens is 1. The van der Waals surface area contributed by atoms with Crippen molar-refractivity contribution in [2.24, 2.45) is 0 Å². The Labute approximate surface area is 158 Å². The molecule has 1 aliphatic rings. The van der Waals surface area contributed by atoms with Crippen LogP contribution < -0.4 is 4.90 Å². The first-order chi connectivity index (χ1) is 13.3. The summed E-state index contributed by atoms with van der Waals surface area (Å²) in [4.78, 5) is 30.3. The summed E-state index contributed by atoms with van der Waals surface area (Å²) in [5, 5.41) is 10.9. The number of carbonyl (C=O) groups is 1. The SMILES string of the molecule is O=C(c1cccc([N+](=O)[O-])c1)N1CCCN(c2ccc(C(F)(F)F)cn2)CC1. The van der Waals surface area contributed by atoms with Gasteiger partial charge in [-0.05, 0) is 24.6 Å². The number of nitrogens with zero attached hydrogens (tertiary/aromatic N) is 4. The molecule has 7 nitrogen and oxygen atoms in total. The smallest absolute Gasteiger partial charge is 0.355 e. The van der Waals surface area contributed by atoms with Crippen molar-refractivity contribution in [3.05, 3.63) is 63.8 Å². The van der Waals surface area contributed by atoms with Crippen LogP contribution in [0.2, 0.25) is 0 Å². The number of benzene rings is 1. The number of amides is 1.